The predicted molar refractivity (Wildman–Crippen MR) is 95.5 cm³/mol. The van der Waals surface area contributed by atoms with Gasteiger partial charge >= 0.3 is 5.97 Å². The van der Waals surface area contributed by atoms with E-state index in [1.165, 1.54) is 19.4 Å². The third kappa shape index (κ3) is 5.37. The number of hydrogen-bond acceptors (Lipinski definition) is 9. The SMILES string of the molecule is CON=C(C(=O)N[C@@H]1C(=O)N[C@H]1COC(C)=O)c1csc(NC(=O)CCl)n1. The number of halogens is 1. The molecule has 146 valence electrons. The molecular weight excluding hydrogens is 402 g/mol. The summed E-state index contributed by atoms with van der Waals surface area (Å²) in [5.41, 5.74) is -0.0495. The number of alkyl halides is 1. The number of thiazole rings is 1. The van der Waals surface area contributed by atoms with Crippen molar-refractivity contribution in [3.8, 4) is 0 Å². The third-order valence-electron chi connectivity index (χ3n) is 3.28. The van der Waals surface area contributed by atoms with E-state index < -0.39 is 35.8 Å². The number of oxime groups is 1. The largest absolute Gasteiger partial charge is 0.464 e. The van der Waals surface area contributed by atoms with E-state index >= 15 is 0 Å². The maximum Gasteiger partial charge on any atom is 0.302 e. The van der Waals surface area contributed by atoms with Gasteiger partial charge in [0.25, 0.3) is 5.91 Å². The fourth-order valence-electron chi connectivity index (χ4n) is 2.05. The van der Waals surface area contributed by atoms with E-state index in [0.717, 1.165) is 11.3 Å². The molecule has 2 atom stereocenters. The lowest BCUT2D eigenvalue weighted by molar-refractivity contribution is -0.147. The molecule has 0 spiro atoms. The van der Waals surface area contributed by atoms with Gasteiger partial charge in [-0.05, 0) is 0 Å². The van der Waals surface area contributed by atoms with Gasteiger partial charge in [-0.15, -0.1) is 22.9 Å². The number of rotatable bonds is 8. The molecule has 0 radical (unpaired) electrons. The lowest BCUT2D eigenvalue weighted by atomic mass is 9.99. The number of nitrogens with zero attached hydrogens (tertiary/aromatic N) is 2. The Hall–Kier alpha value is -2.73. The molecule has 0 aromatic carbocycles. The van der Waals surface area contributed by atoms with E-state index in [2.05, 4.69) is 30.9 Å². The van der Waals surface area contributed by atoms with Crippen LogP contribution in [0.25, 0.3) is 0 Å². The Bertz CT molecular complexity index is 782. The molecule has 1 aliphatic rings. The standard InChI is InChI=1S/C14H16ClN5O6S/c1-6(21)26-4-7-10(12(23)16-7)19-13(24)11(20-25-2)8-5-27-14(17-8)18-9(22)3-15/h5,7,10H,3-4H2,1-2H3,(H,16,23)(H,19,24)(H,17,18,22)/t7-,10-/m0/s1. The highest BCUT2D eigenvalue weighted by Gasteiger charge is 2.42. The zero-order valence-corrected chi connectivity index (χ0v) is 15.8. The minimum atomic E-state index is -0.895. The molecule has 1 aromatic rings. The number of carbonyl (C=O) groups is 4. The van der Waals surface area contributed by atoms with Gasteiger partial charge in [0.1, 0.15) is 31.3 Å². The van der Waals surface area contributed by atoms with Crippen molar-refractivity contribution in [2.75, 3.05) is 24.9 Å². The van der Waals surface area contributed by atoms with Gasteiger partial charge in [0, 0.05) is 12.3 Å². The molecule has 1 aliphatic heterocycles. The third-order valence-corrected chi connectivity index (χ3v) is 4.28. The second-order valence-electron chi connectivity index (χ2n) is 5.21. The van der Waals surface area contributed by atoms with Crippen LogP contribution < -0.4 is 16.0 Å². The molecule has 2 heterocycles. The summed E-state index contributed by atoms with van der Waals surface area (Å²) in [6, 6.07) is -1.45. The molecule has 3 N–H and O–H groups in total. The molecule has 11 nitrogen and oxygen atoms in total. The van der Waals surface area contributed by atoms with Crippen LogP contribution in [-0.2, 0) is 28.8 Å². The highest BCUT2D eigenvalue weighted by atomic mass is 35.5. The fourth-order valence-corrected chi connectivity index (χ4v) is 2.83. The molecule has 0 unspecified atom stereocenters. The van der Waals surface area contributed by atoms with Gasteiger partial charge in [-0.1, -0.05) is 5.16 Å². The normalized spacial score (nSPS) is 18.8. The average Bonchev–Trinajstić information content (AvgIpc) is 3.08. The number of anilines is 1. The zero-order valence-electron chi connectivity index (χ0n) is 14.3. The number of nitrogens with one attached hydrogen (secondary N) is 3. The van der Waals surface area contributed by atoms with Crippen molar-refractivity contribution in [3.63, 3.8) is 0 Å². The Kier molecular flexibility index (Phi) is 7.07. The first-order valence-electron chi connectivity index (χ1n) is 7.53. The van der Waals surface area contributed by atoms with E-state index in [9.17, 15) is 19.2 Å². The first-order chi connectivity index (χ1) is 12.8. The quantitative estimate of drug-likeness (QED) is 0.165. The number of esters is 1. The molecule has 1 fully saturated rings. The minimum Gasteiger partial charge on any atom is -0.464 e. The Labute approximate surface area is 162 Å². The summed E-state index contributed by atoms with van der Waals surface area (Å²) in [6.07, 6.45) is 0. The number of aromatic nitrogens is 1. The molecular formula is C14H16ClN5O6S. The summed E-state index contributed by atoms with van der Waals surface area (Å²) in [6.45, 7) is 1.16. The van der Waals surface area contributed by atoms with Gasteiger partial charge in [-0.2, -0.15) is 0 Å². The summed E-state index contributed by atoms with van der Waals surface area (Å²) < 4.78 is 4.83. The summed E-state index contributed by atoms with van der Waals surface area (Å²) in [7, 11) is 1.25. The van der Waals surface area contributed by atoms with E-state index in [-0.39, 0.29) is 29.0 Å². The molecule has 27 heavy (non-hydrogen) atoms. The second-order valence-corrected chi connectivity index (χ2v) is 6.34. The van der Waals surface area contributed by atoms with Crippen molar-refractivity contribution >= 4 is 57.5 Å². The number of hydrogen-bond donors (Lipinski definition) is 3. The monoisotopic (exact) mass is 417 g/mol. The van der Waals surface area contributed by atoms with Crippen LogP contribution in [0.4, 0.5) is 5.13 Å². The molecule has 0 bridgehead atoms. The topological polar surface area (TPSA) is 148 Å². The van der Waals surface area contributed by atoms with Crippen LogP contribution in [-0.4, -0.2) is 66.1 Å². The maximum atomic E-state index is 12.5. The highest BCUT2D eigenvalue weighted by Crippen LogP contribution is 2.17. The van der Waals surface area contributed by atoms with E-state index in [0.29, 0.717) is 0 Å². The zero-order chi connectivity index (χ0) is 20.0. The number of amides is 3. The van der Waals surface area contributed by atoms with Gasteiger partial charge in [-0.25, -0.2) is 4.98 Å². The van der Waals surface area contributed by atoms with Crippen LogP contribution in [0.3, 0.4) is 0 Å². The number of carbonyl (C=O) groups excluding carboxylic acids is 4. The van der Waals surface area contributed by atoms with Gasteiger partial charge in [-0.3, -0.25) is 19.2 Å². The van der Waals surface area contributed by atoms with Gasteiger partial charge < -0.3 is 25.5 Å². The summed E-state index contributed by atoms with van der Waals surface area (Å²) in [5.74, 6) is -2.34. The first-order valence-corrected chi connectivity index (χ1v) is 8.94. The average molecular weight is 418 g/mol. The molecule has 2 rings (SSSR count). The predicted octanol–water partition coefficient (Wildman–Crippen LogP) is -0.783. The first kappa shape index (κ1) is 20.6. The molecule has 0 aliphatic carbocycles. The Morgan fingerprint density at radius 1 is 1.44 bits per heavy atom. The number of β-lactam (4-membered cyclic amide) rings is 1. The Morgan fingerprint density at radius 2 is 2.19 bits per heavy atom. The van der Waals surface area contributed by atoms with Gasteiger partial charge in [0.05, 0.1) is 6.04 Å². The second kappa shape index (κ2) is 9.28. The van der Waals surface area contributed by atoms with Crippen LogP contribution >= 0.6 is 22.9 Å². The van der Waals surface area contributed by atoms with Crippen molar-refractivity contribution in [1.82, 2.24) is 15.6 Å². The Morgan fingerprint density at radius 3 is 2.78 bits per heavy atom. The number of ether oxygens (including phenoxy) is 1. The van der Waals surface area contributed by atoms with Crippen LogP contribution in [0.1, 0.15) is 12.6 Å². The van der Waals surface area contributed by atoms with Crippen molar-refractivity contribution in [1.29, 1.82) is 0 Å². The summed E-state index contributed by atoms with van der Waals surface area (Å²) >= 11 is 6.47. The van der Waals surface area contributed by atoms with Gasteiger partial charge in [0.2, 0.25) is 11.8 Å². The van der Waals surface area contributed by atoms with E-state index in [1.807, 2.05) is 0 Å². The minimum absolute atomic E-state index is 0.0753. The van der Waals surface area contributed by atoms with Crippen molar-refractivity contribution in [3.05, 3.63) is 11.1 Å². The molecule has 1 saturated heterocycles. The Balaban J connectivity index is 2.07. The van der Waals surface area contributed by atoms with Crippen molar-refractivity contribution < 1.29 is 28.8 Å². The molecule has 3 amide bonds. The fraction of sp³-hybridized carbons (Fsp3) is 0.429. The van der Waals surface area contributed by atoms with Crippen LogP contribution in [0.15, 0.2) is 10.5 Å². The van der Waals surface area contributed by atoms with E-state index in [1.54, 1.807) is 0 Å². The molecule has 0 saturated carbocycles. The molecule has 13 heteroatoms. The van der Waals surface area contributed by atoms with Crippen LogP contribution in [0.2, 0.25) is 0 Å². The summed E-state index contributed by atoms with van der Waals surface area (Å²) in [4.78, 5) is 55.1. The van der Waals surface area contributed by atoms with Crippen LogP contribution in [0, 0.1) is 0 Å². The smallest absolute Gasteiger partial charge is 0.302 e. The molecule has 1 aromatic heterocycles. The highest BCUT2D eigenvalue weighted by molar-refractivity contribution is 7.14. The van der Waals surface area contributed by atoms with Crippen molar-refractivity contribution in [2.45, 2.75) is 19.0 Å². The lowest BCUT2D eigenvalue weighted by Crippen LogP contribution is -2.71. The maximum absolute atomic E-state index is 12.5. The summed E-state index contributed by atoms with van der Waals surface area (Å²) in [5, 5.41) is 12.8. The van der Waals surface area contributed by atoms with Gasteiger partial charge in [0.15, 0.2) is 10.8 Å². The van der Waals surface area contributed by atoms with Crippen molar-refractivity contribution in [2.24, 2.45) is 5.16 Å². The van der Waals surface area contributed by atoms with Crippen LogP contribution in [0.5, 0.6) is 0 Å². The van der Waals surface area contributed by atoms with E-state index in [4.69, 9.17) is 16.3 Å². The lowest BCUT2D eigenvalue weighted by Gasteiger charge is -2.36.